The number of likely N-dealkylation sites (N-methyl/N-ethyl adjacent to an activating group) is 1. The number of benzene rings is 1. The normalized spacial score (nSPS) is 11.7. The number of nitrogens with zero attached hydrogens (tertiary/aromatic N) is 1. The summed E-state index contributed by atoms with van der Waals surface area (Å²) >= 11 is 1.37. The van der Waals surface area contributed by atoms with E-state index in [4.69, 9.17) is 0 Å². The molecule has 1 aromatic carbocycles. The molecule has 1 aromatic heterocycles. The van der Waals surface area contributed by atoms with Crippen molar-refractivity contribution in [1.29, 1.82) is 0 Å². The minimum atomic E-state index is -0.549. The van der Waals surface area contributed by atoms with Crippen molar-refractivity contribution in [2.75, 3.05) is 13.1 Å². The van der Waals surface area contributed by atoms with Crippen molar-refractivity contribution >= 4 is 23.2 Å². The van der Waals surface area contributed by atoms with Crippen LogP contribution in [0.5, 0.6) is 0 Å². The quantitative estimate of drug-likeness (QED) is 0.848. The molecule has 1 atom stereocenters. The van der Waals surface area contributed by atoms with Crippen LogP contribution in [0, 0.1) is 0 Å². The summed E-state index contributed by atoms with van der Waals surface area (Å²) in [6.45, 7) is 5.16. The Bertz CT molecular complexity index is 622. The van der Waals surface area contributed by atoms with E-state index < -0.39 is 6.04 Å². The summed E-state index contributed by atoms with van der Waals surface area (Å²) in [6.07, 6.45) is 0.493. The lowest BCUT2D eigenvalue weighted by molar-refractivity contribution is -0.132. The van der Waals surface area contributed by atoms with E-state index in [1.165, 1.54) is 11.3 Å². The zero-order chi connectivity index (χ0) is 16.7. The van der Waals surface area contributed by atoms with Crippen molar-refractivity contribution in [3.05, 3.63) is 58.3 Å². The molecule has 122 valence electrons. The van der Waals surface area contributed by atoms with Gasteiger partial charge in [0.1, 0.15) is 6.04 Å². The topological polar surface area (TPSA) is 49.4 Å². The SMILES string of the molecule is CCN(CC)C(=O)C(Cc1ccccc1)NC(=O)c1cccs1. The third-order valence-electron chi connectivity index (χ3n) is 3.71. The Hall–Kier alpha value is -2.14. The average Bonchev–Trinajstić information content (AvgIpc) is 3.11. The van der Waals surface area contributed by atoms with Crippen molar-refractivity contribution < 1.29 is 9.59 Å². The zero-order valence-electron chi connectivity index (χ0n) is 13.5. The number of amides is 2. The second-order valence-corrected chi connectivity index (χ2v) is 6.15. The molecule has 0 aliphatic rings. The highest BCUT2D eigenvalue weighted by molar-refractivity contribution is 7.12. The lowest BCUT2D eigenvalue weighted by Crippen LogP contribution is -2.49. The first-order chi connectivity index (χ1) is 11.2. The highest BCUT2D eigenvalue weighted by Crippen LogP contribution is 2.11. The first kappa shape index (κ1) is 17.2. The standard InChI is InChI=1S/C18H22N2O2S/c1-3-20(4-2)18(22)15(13-14-9-6-5-7-10-14)19-17(21)16-11-8-12-23-16/h5-12,15H,3-4,13H2,1-2H3,(H,19,21). The van der Waals surface area contributed by atoms with Gasteiger partial charge in [0.2, 0.25) is 5.91 Å². The highest BCUT2D eigenvalue weighted by atomic mass is 32.1. The van der Waals surface area contributed by atoms with Crippen LogP contribution in [0.2, 0.25) is 0 Å². The second-order valence-electron chi connectivity index (χ2n) is 5.20. The summed E-state index contributed by atoms with van der Waals surface area (Å²) in [5.41, 5.74) is 1.03. The van der Waals surface area contributed by atoms with E-state index in [-0.39, 0.29) is 11.8 Å². The van der Waals surface area contributed by atoms with Crippen molar-refractivity contribution in [3.63, 3.8) is 0 Å². The molecule has 1 unspecified atom stereocenters. The van der Waals surface area contributed by atoms with Gasteiger partial charge in [-0.15, -0.1) is 11.3 Å². The predicted octanol–water partition coefficient (Wildman–Crippen LogP) is 2.96. The van der Waals surface area contributed by atoms with Crippen LogP contribution in [0.1, 0.15) is 29.1 Å². The number of hydrogen-bond acceptors (Lipinski definition) is 3. The number of thiophene rings is 1. The number of nitrogens with one attached hydrogen (secondary N) is 1. The van der Waals surface area contributed by atoms with Crippen LogP contribution in [-0.4, -0.2) is 35.8 Å². The van der Waals surface area contributed by atoms with E-state index in [1.54, 1.807) is 11.0 Å². The van der Waals surface area contributed by atoms with E-state index in [9.17, 15) is 9.59 Å². The van der Waals surface area contributed by atoms with Gasteiger partial charge in [0.15, 0.2) is 0 Å². The van der Waals surface area contributed by atoms with Crippen LogP contribution in [-0.2, 0) is 11.2 Å². The summed E-state index contributed by atoms with van der Waals surface area (Å²) in [4.78, 5) is 27.4. The third kappa shape index (κ3) is 4.66. The molecule has 0 aliphatic carbocycles. The fourth-order valence-corrected chi connectivity index (χ4v) is 3.07. The molecule has 1 heterocycles. The molecule has 2 rings (SSSR count). The Morgan fingerprint density at radius 2 is 1.78 bits per heavy atom. The molecule has 0 fully saturated rings. The van der Waals surface area contributed by atoms with E-state index in [1.807, 2.05) is 55.6 Å². The molecule has 0 aliphatic heterocycles. The van der Waals surface area contributed by atoms with Gasteiger partial charge in [0, 0.05) is 19.5 Å². The van der Waals surface area contributed by atoms with E-state index in [0.29, 0.717) is 24.4 Å². The molecule has 0 bridgehead atoms. The molecule has 4 nitrogen and oxygen atoms in total. The number of rotatable bonds is 7. The van der Waals surface area contributed by atoms with Gasteiger partial charge in [-0.1, -0.05) is 36.4 Å². The molecule has 0 radical (unpaired) electrons. The molecule has 0 spiro atoms. The fraction of sp³-hybridized carbons (Fsp3) is 0.333. The molecular formula is C18H22N2O2S. The van der Waals surface area contributed by atoms with Gasteiger partial charge in [0.05, 0.1) is 4.88 Å². The van der Waals surface area contributed by atoms with Gasteiger partial charge in [-0.25, -0.2) is 0 Å². The molecule has 1 N–H and O–H groups in total. The van der Waals surface area contributed by atoms with Crippen LogP contribution in [0.25, 0.3) is 0 Å². The summed E-state index contributed by atoms with van der Waals surface area (Å²) in [5, 5.41) is 4.75. The Morgan fingerprint density at radius 1 is 1.09 bits per heavy atom. The maximum Gasteiger partial charge on any atom is 0.262 e. The summed E-state index contributed by atoms with van der Waals surface area (Å²) in [5.74, 6) is -0.231. The van der Waals surface area contributed by atoms with Crippen LogP contribution < -0.4 is 5.32 Å². The summed E-state index contributed by atoms with van der Waals surface area (Å²) in [6, 6.07) is 12.8. The van der Waals surface area contributed by atoms with Gasteiger partial charge in [-0.3, -0.25) is 9.59 Å². The van der Waals surface area contributed by atoms with Crippen LogP contribution in [0.3, 0.4) is 0 Å². The molecule has 2 aromatic rings. The minimum absolute atomic E-state index is 0.0382. The molecule has 23 heavy (non-hydrogen) atoms. The lowest BCUT2D eigenvalue weighted by Gasteiger charge is -2.26. The minimum Gasteiger partial charge on any atom is -0.341 e. The Labute approximate surface area is 141 Å². The van der Waals surface area contributed by atoms with Crippen molar-refractivity contribution in [2.24, 2.45) is 0 Å². The van der Waals surface area contributed by atoms with Gasteiger partial charge in [-0.05, 0) is 30.9 Å². The van der Waals surface area contributed by atoms with E-state index in [0.717, 1.165) is 5.56 Å². The molecule has 5 heteroatoms. The maximum absolute atomic E-state index is 12.7. The number of carbonyl (C=O) groups is 2. The predicted molar refractivity (Wildman–Crippen MR) is 93.6 cm³/mol. The Balaban J connectivity index is 2.16. The van der Waals surface area contributed by atoms with Crippen LogP contribution in [0.15, 0.2) is 47.8 Å². The van der Waals surface area contributed by atoms with Gasteiger partial charge in [0.25, 0.3) is 5.91 Å². The van der Waals surface area contributed by atoms with E-state index in [2.05, 4.69) is 5.32 Å². The van der Waals surface area contributed by atoms with Crippen molar-refractivity contribution in [2.45, 2.75) is 26.3 Å². The van der Waals surface area contributed by atoms with Crippen molar-refractivity contribution in [3.8, 4) is 0 Å². The second kappa shape index (κ2) is 8.48. The Kier molecular flexibility index (Phi) is 6.35. The summed E-state index contributed by atoms with van der Waals surface area (Å²) < 4.78 is 0. The number of hydrogen-bond donors (Lipinski definition) is 1. The average molecular weight is 330 g/mol. The Morgan fingerprint density at radius 3 is 2.35 bits per heavy atom. The maximum atomic E-state index is 12.7. The van der Waals surface area contributed by atoms with Crippen LogP contribution in [0.4, 0.5) is 0 Å². The first-order valence-corrected chi connectivity index (χ1v) is 8.70. The fourth-order valence-electron chi connectivity index (χ4n) is 2.44. The lowest BCUT2D eigenvalue weighted by atomic mass is 10.0. The van der Waals surface area contributed by atoms with E-state index >= 15 is 0 Å². The smallest absolute Gasteiger partial charge is 0.262 e. The van der Waals surface area contributed by atoms with Gasteiger partial charge < -0.3 is 10.2 Å². The van der Waals surface area contributed by atoms with Crippen LogP contribution >= 0.6 is 11.3 Å². The summed E-state index contributed by atoms with van der Waals surface area (Å²) in [7, 11) is 0. The van der Waals surface area contributed by atoms with Crippen molar-refractivity contribution in [1.82, 2.24) is 10.2 Å². The molecule has 2 amide bonds. The molecule has 0 saturated carbocycles. The zero-order valence-corrected chi connectivity index (χ0v) is 14.3. The first-order valence-electron chi connectivity index (χ1n) is 7.82. The van der Waals surface area contributed by atoms with Gasteiger partial charge in [-0.2, -0.15) is 0 Å². The third-order valence-corrected chi connectivity index (χ3v) is 4.57. The molecular weight excluding hydrogens is 308 g/mol. The largest absolute Gasteiger partial charge is 0.341 e. The highest BCUT2D eigenvalue weighted by Gasteiger charge is 2.25. The molecule has 0 saturated heterocycles. The monoisotopic (exact) mass is 330 g/mol. The van der Waals surface area contributed by atoms with Gasteiger partial charge >= 0.3 is 0 Å². The number of carbonyl (C=O) groups excluding carboxylic acids is 2.